The SMILES string of the molecule is Cc1ccc(C2CCCN2S(=O)(=O)c2ccccc2C)cc1. The third-order valence-electron chi connectivity index (χ3n) is 4.35. The van der Waals surface area contributed by atoms with E-state index in [0.29, 0.717) is 11.4 Å². The van der Waals surface area contributed by atoms with E-state index >= 15 is 0 Å². The zero-order valence-corrected chi connectivity index (χ0v) is 13.8. The Morgan fingerprint density at radius 3 is 2.36 bits per heavy atom. The smallest absolute Gasteiger partial charge is 0.207 e. The van der Waals surface area contributed by atoms with Crippen LogP contribution in [0, 0.1) is 13.8 Å². The Bertz CT molecular complexity index is 766. The van der Waals surface area contributed by atoms with Crippen LogP contribution in [0.1, 0.15) is 35.6 Å². The Morgan fingerprint density at radius 2 is 1.68 bits per heavy atom. The number of hydrogen-bond donors (Lipinski definition) is 0. The van der Waals surface area contributed by atoms with E-state index in [1.54, 1.807) is 16.4 Å². The number of rotatable bonds is 3. The normalized spacial score (nSPS) is 19.5. The van der Waals surface area contributed by atoms with Gasteiger partial charge < -0.3 is 0 Å². The topological polar surface area (TPSA) is 37.4 Å². The molecule has 1 atom stereocenters. The van der Waals surface area contributed by atoms with Crippen LogP contribution in [0.25, 0.3) is 0 Å². The summed E-state index contributed by atoms with van der Waals surface area (Å²) < 4.78 is 27.7. The first-order valence-electron chi connectivity index (χ1n) is 7.64. The maximum atomic E-state index is 13.0. The number of nitrogens with zero attached hydrogens (tertiary/aromatic N) is 1. The van der Waals surface area contributed by atoms with Gasteiger partial charge in [-0.05, 0) is 43.9 Å². The lowest BCUT2D eigenvalue weighted by molar-refractivity contribution is 0.396. The average Bonchev–Trinajstić information content (AvgIpc) is 2.98. The van der Waals surface area contributed by atoms with Gasteiger partial charge in [-0.15, -0.1) is 0 Å². The van der Waals surface area contributed by atoms with Crippen molar-refractivity contribution in [1.29, 1.82) is 0 Å². The first-order chi connectivity index (χ1) is 10.5. The lowest BCUT2D eigenvalue weighted by Gasteiger charge is -2.25. The van der Waals surface area contributed by atoms with Gasteiger partial charge in [-0.1, -0.05) is 48.0 Å². The summed E-state index contributed by atoms with van der Waals surface area (Å²) >= 11 is 0. The van der Waals surface area contributed by atoms with Gasteiger partial charge in [0.1, 0.15) is 0 Å². The molecular formula is C18H21NO2S. The van der Waals surface area contributed by atoms with Crippen LogP contribution >= 0.6 is 0 Å². The highest BCUT2D eigenvalue weighted by molar-refractivity contribution is 7.89. The molecule has 1 saturated heterocycles. The van der Waals surface area contributed by atoms with E-state index in [1.165, 1.54) is 5.56 Å². The Labute approximate surface area is 132 Å². The number of hydrogen-bond acceptors (Lipinski definition) is 2. The summed E-state index contributed by atoms with van der Waals surface area (Å²) in [5.41, 5.74) is 3.08. The molecule has 0 spiro atoms. The first-order valence-corrected chi connectivity index (χ1v) is 9.08. The van der Waals surface area contributed by atoms with Crippen LogP contribution in [0.2, 0.25) is 0 Å². The highest BCUT2D eigenvalue weighted by atomic mass is 32.2. The molecule has 1 aliphatic rings. The molecule has 1 aliphatic heterocycles. The molecule has 1 heterocycles. The molecule has 0 aliphatic carbocycles. The van der Waals surface area contributed by atoms with E-state index in [9.17, 15) is 8.42 Å². The lowest BCUT2D eigenvalue weighted by atomic mass is 10.0. The molecular weight excluding hydrogens is 294 g/mol. The Hall–Kier alpha value is -1.65. The van der Waals surface area contributed by atoms with Gasteiger partial charge in [0.25, 0.3) is 0 Å². The predicted octanol–water partition coefficient (Wildman–Crippen LogP) is 3.83. The van der Waals surface area contributed by atoms with Crippen molar-refractivity contribution in [2.24, 2.45) is 0 Å². The van der Waals surface area contributed by atoms with Crippen molar-refractivity contribution in [1.82, 2.24) is 4.31 Å². The minimum absolute atomic E-state index is 0.0507. The van der Waals surface area contributed by atoms with E-state index in [0.717, 1.165) is 24.0 Å². The van der Waals surface area contributed by atoms with Crippen molar-refractivity contribution < 1.29 is 8.42 Å². The monoisotopic (exact) mass is 315 g/mol. The summed E-state index contributed by atoms with van der Waals surface area (Å²) in [4.78, 5) is 0.425. The van der Waals surface area contributed by atoms with E-state index in [4.69, 9.17) is 0 Å². The molecule has 0 bridgehead atoms. The van der Waals surface area contributed by atoms with Gasteiger partial charge in [-0.2, -0.15) is 4.31 Å². The molecule has 0 amide bonds. The highest BCUT2D eigenvalue weighted by Crippen LogP contribution is 2.37. The summed E-state index contributed by atoms with van der Waals surface area (Å²) in [6.45, 7) is 4.49. The first kappa shape index (κ1) is 15.3. The fourth-order valence-corrected chi connectivity index (χ4v) is 5.03. The summed E-state index contributed by atoms with van der Waals surface area (Å²) in [5.74, 6) is 0. The minimum atomic E-state index is -3.44. The third-order valence-corrected chi connectivity index (χ3v) is 6.41. The maximum absolute atomic E-state index is 13.0. The van der Waals surface area contributed by atoms with Gasteiger partial charge in [-0.3, -0.25) is 0 Å². The van der Waals surface area contributed by atoms with Gasteiger partial charge in [0.2, 0.25) is 10.0 Å². The van der Waals surface area contributed by atoms with Gasteiger partial charge in [0.15, 0.2) is 0 Å². The van der Waals surface area contributed by atoms with Crippen LogP contribution in [-0.4, -0.2) is 19.3 Å². The van der Waals surface area contributed by atoms with Crippen molar-refractivity contribution in [3.63, 3.8) is 0 Å². The molecule has 2 aromatic rings. The fourth-order valence-electron chi connectivity index (χ4n) is 3.12. The van der Waals surface area contributed by atoms with Gasteiger partial charge in [0, 0.05) is 6.54 Å². The van der Waals surface area contributed by atoms with Crippen molar-refractivity contribution in [2.75, 3.05) is 6.54 Å². The molecule has 22 heavy (non-hydrogen) atoms. The Balaban J connectivity index is 1.99. The molecule has 1 unspecified atom stereocenters. The molecule has 0 radical (unpaired) electrons. The number of aryl methyl sites for hydroxylation is 2. The van der Waals surface area contributed by atoms with Crippen LogP contribution in [0.15, 0.2) is 53.4 Å². The van der Waals surface area contributed by atoms with E-state index in [-0.39, 0.29) is 6.04 Å². The van der Waals surface area contributed by atoms with Crippen molar-refractivity contribution in [3.05, 3.63) is 65.2 Å². The molecule has 0 aromatic heterocycles. The third kappa shape index (κ3) is 2.69. The zero-order chi connectivity index (χ0) is 15.7. The van der Waals surface area contributed by atoms with E-state index in [1.807, 2.05) is 50.2 Å². The number of sulfonamides is 1. The van der Waals surface area contributed by atoms with Crippen LogP contribution in [0.5, 0.6) is 0 Å². The van der Waals surface area contributed by atoms with Crippen molar-refractivity contribution >= 4 is 10.0 Å². The Morgan fingerprint density at radius 1 is 1.00 bits per heavy atom. The van der Waals surface area contributed by atoms with Crippen LogP contribution in [0.4, 0.5) is 0 Å². The number of benzene rings is 2. The summed E-state index contributed by atoms with van der Waals surface area (Å²) in [5, 5.41) is 0. The van der Waals surface area contributed by atoms with Crippen LogP contribution < -0.4 is 0 Å². The molecule has 3 nitrogen and oxygen atoms in total. The summed E-state index contributed by atoms with van der Waals surface area (Å²) in [6, 6.07) is 15.4. The lowest BCUT2D eigenvalue weighted by Crippen LogP contribution is -2.31. The van der Waals surface area contributed by atoms with Crippen LogP contribution in [0.3, 0.4) is 0 Å². The second kappa shape index (κ2) is 5.86. The largest absolute Gasteiger partial charge is 0.243 e. The van der Waals surface area contributed by atoms with Gasteiger partial charge >= 0.3 is 0 Å². The second-order valence-electron chi connectivity index (χ2n) is 5.95. The zero-order valence-electron chi connectivity index (χ0n) is 13.0. The molecule has 1 fully saturated rings. The van der Waals surface area contributed by atoms with E-state index < -0.39 is 10.0 Å². The second-order valence-corrected chi connectivity index (χ2v) is 7.81. The van der Waals surface area contributed by atoms with Gasteiger partial charge in [-0.25, -0.2) is 8.42 Å². The van der Waals surface area contributed by atoms with Crippen molar-refractivity contribution in [3.8, 4) is 0 Å². The maximum Gasteiger partial charge on any atom is 0.243 e. The minimum Gasteiger partial charge on any atom is -0.207 e. The van der Waals surface area contributed by atoms with Crippen LogP contribution in [-0.2, 0) is 10.0 Å². The molecule has 116 valence electrons. The fraction of sp³-hybridized carbons (Fsp3) is 0.333. The van der Waals surface area contributed by atoms with Crippen molar-refractivity contribution in [2.45, 2.75) is 37.6 Å². The molecule has 2 aromatic carbocycles. The highest BCUT2D eigenvalue weighted by Gasteiger charge is 2.36. The van der Waals surface area contributed by atoms with E-state index in [2.05, 4.69) is 0 Å². The quantitative estimate of drug-likeness (QED) is 0.863. The predicted molar refractivity (Wildman–Crippen MR) is 88.2 cm³/mol. The molecule has 0 N–H and O–H groups in total. The summed E-state index contributed by atoms with van der Waals surface area (Å²) in [7, 11) is -3.44. The molecule has 0 saturated carbocycles. The van der Waals surface area contributed by atoms with Gasteiger partial charge in [0.05, 0.1) is 10.9 Å². The molecule has 4 heteroatoms. The summed E-state index contributed by atoms with van der Waals surface area (Å²) in [6.07, 6.45) is 1.79. The average molecular weight is 315 g/mol. The standard InChI is InChI=1S/C18H21NO2S/c1-14-9-11-16(12-10-14)17-7-5-13-19(17)22(20,21)18-8-4-3-6-15(18)2/h3-4,6,8-12,17H,5,7,13H2,1-2H3. The Kier molecular flexibility index (Phi) is 4.06. The molecule has 3 rings (SSSR count).